The van der Waals surface area contributed by atoms with Gasteiger partial charge in [0.1, 0.15) is 13.6 Å². The van der Waals surface area contributed by atoms with E-state index in [0.717, 1.165) is 25.8 Å². The quantitative estimate of drug-likeness (QED) is 0.239. The molecule has 0 unspecified atom stereocenters. The zero-order valence-electron chi connectivity index (χ0n) is 19.9. The van der Waals surface area contributed by atoms with Gasteiger partial charge in [-0.1, -0.05) is 55.8 Å². The van der Waals surface area contributed by atoms with Gasteiger partial charge < -0.3 is 14.2 Å². The predicted molar refractivity (Wildman–Crippen MR) is 136 cm³/mol. The van der Waals surface area contributed by atoms with E-state index in [-0.39, 0.29) is 0 Å². The minimum absolute atomic E-state index is 0.573. The smallest absolute Gasteiger partial charge is 0.106 e. The molecule has 0 fully saturated rings. The number of carbonyl (C=O) groups is 2. The zero-order chi connectivity index (χ0) is 24.1. The second-order valence-corrected chi connectivity index (χ2v) is 8.10. The van der Waals surface area contributed by atoms with Crippen LogP contribution in [0, 0.1) is 19.3 Å². The topological polar surface area (TPSA) is 39.1 Å². The van der Waals surface area contributed by atoms with Gasteiger partial charge in [-0.05, 0) is 67.0 Å². The second-order valence-electron chi connectivity index (χ2n) is 8.10. The zero-order valence-corrected chi connectivity index (χ0v) is 19.9. The van der Waals surface area contributed by atoms with E-state index in [2.05, 4.69) is 92.9 Å². The molecule has 0 bridgehead atoms. The van der Waals surface area contributed by atoms with E-state index in [9.17, 15) is 0 Å². The van der Waals surface area contributed by atoms with Crippen molar-refractivity contribution in [2.24, 2.45) is 0 Å². The van der Waals surface area contributed by atoms with Crippen LogP contribution in [-0.2, 0) is 22.6 Å². The summed E-state index contributed by atoms with van der Waals surface area (Å²) in [5, 5.41) is 1.36. The van der Waals surface area contributed by atoms with Crippen LogP contribution in [-0.4, -0.2) is 18.1 Å². The lowest BCUT2D eigenvalue weighted by atomic mass is 9.97. The molecular formula is C29H35NO2. The standard InChI is InChI=1S/C27H31N.2CH2O/c1-6-7-8-9-21(4)18-26-22(5)10-15-27-25(26)16-17-28(27)19-23-11-13-24(14-12-23)20(2)3;2*1-2/h1,9-17,20H,7-8,18-19H2,2-5H3;2*1H2/b21-9-;;. The second kappa shape index (κ2) is 13.8. The first-order valence-corrected chi connectivity index (χ1v) is 10.8. The van der Waals surface area contributed by atoms with Crippen molar-refractivity contribution >= 4 is 24.5 Å². The highest BCUT2D eigenvalue weighted by Crippen LogP contribution is 2.27. The Labute approximate surface area is 193 Å². The molecule has 3 nitrogen and oxygen atoms in total. The molecule has 2 aromatic carbocycles. The van der Waals surface area contributed by atoms with Gasteiger partial charge in [0.15, 0.2) is 0 Å². The fraction of sp³-hybridized carbons (Fsp3) is 0.310. The molecule has 32 heavy (non-hydrogen) atoms. The van der Waals surface area contributed by atoms with Gasteiger partial charge in [0.2, 0.25) is 0 Å². The average Bonchev–Trinajstić information content (AvgIpc) is 3.22. The third kappa shape index (κ3) is 7.10. The van der Waals surface area contributed by atoms with Crippen molar-refractivity contribution in [3.63, 3.8) is 0 Å². The Bertz CT molecular complexity index is 1050. The normalized spacial score (nSPS) is 10.7. The van der Waals surface area contributed by atoms with Gasteiger partial charge in [-0.2, -0.15) is 0 Å². The maximum Gasteiger partial charge on any atom is 0.106 e. The molecule has 0 aliphatic rings. The predicted octanol–water partition coefficient (Wildman–Crippen LogP) is 6.65. The number of unbranched alkanes of at least 4 members (excludes halogenated alkanes) is 1. The Balaban J connectivity index is 0.00000121. The molecule has 0 aliphatic heterocycles. The van der Waals surface area contributed by atoms with Gasteiger partial charge in [0.25, 0.3) is 0 Å². The van der Waals surface area contributed by atoms with Crippen molar-refractivity contribution in [1.82, 2.24) is 4.57 Å². The molecule has 0 saturated carbocycles. The maximum atomic E-state index is 8.00. The molecular weight excluding hydrogens is 394 g/mol. The molecule has 168 valence electrons. The molecule has 0 radical (unpaired) electrons. The molecule has 3 rings (SSSR count). The summed E-state index contributed by atoms with van der Waals surface area (Å²) in [4.78, 5) is 16.0. The number of hydrogen-bond acceptors (Lipinski definition) is 2. The van der Waals surface area contributed by atoms with E-state index >= 15 is 0 Å². The molecule has 0 atom stereocenters. The lowest BCUT2D eigenvalue weighted by Gasteiger charge is -2.12. The van der Waals surface area contributed by atoms with Gasteiger partial charge in [-0.25, -0.2) is 0 Å². The van der Waals surface area contributed by atoms with Crippen LogP contribution in [0.25, 0.3) is 10.9 Å². The molecule has 0 N–H and O–H groups in total. The highest BCUT2D eigenvalue weighted by molar-refractivity contribution is 5.85. The Morgan fingerprint density at radius 2 is 1.72 bits per heavy atom. The van der Waals surface area contributed by atoms with E-state index in [0.29, 0.717) is 5.92 Å². The molecule has 1 aromatic heterocycles. The summed E-state index contributed by atoms with van der Waals surface area (Å²) < 4.78 is 2.36. The summed E-state index contributed by atoms with van der Waals surface area (Å²) in [7, 11) is 0. The fourth-order valence-corrected chi connectivity index (χ4v) is 3.77. The number of aromatic nitrogens is 1. The molecule has 0 amide bonds. The van der Waals surface area contributed by atoms with Crippen molar-refractivity contribution < 1.29 is 9.59 Å². The summed E-state index contributed by atoms with van der Waals surface area (Å²) in [6.07, 6.45) is 12.6. The lowest BCUT2D eigenvalue weighted by molar-refractivity contribution is -0.0987. The first-order valence-electron chi connectivity index (χ1n) is 10.8. The summed E-state index contributed by atoms with van der Waals surface area (Å²) in [6.45, 7) is 13.8. The average molecular weight is 430 g/mol. The van der Waals surface area contributed by atoms with Gasteiger partial charge in [-0.3, -0.25) is 0 Å². The van der Waals surface area contributed by atoms with Crippen LogP contribution < -0.4 is 0 Å². The summed E-state index contributed by atoms with van der Waals surface area (Å²) >= 11 is 0. The van der Waals surface area contributed by atoms with Crippen LogP contribution in [0.4, 0.5) is 0 Å². The van der Waals surface area contributed by atoms with Gasteiger partial charge in [0, 0.05) is 30.1 Å². The van der Waals surface area contributed by atoms with Crippen molar-refractivity contribution in [2.75, 3.05) is 0 Å². The van der Waals surface area contributed by atoms with Gasteiger partial charge in [0.05, 0.1) is 0 Å². The number of benzene rings is 2. The van der Waals surface area contributed by atoms with Crippen molar-refractivity contribution in [3.05, 3.63) is 82.6 Å². The molecule has 3 heteroatoms. The number of nitrogens with zero attached hydrogens (tertiary/aromatic N) is 1. The van der Waals surface area contributed by atoms with Crippen LogP contribution in [0.3, 0.4) is 0 Å². The summed E-state index contributed by atoms with van der Waals surface area (Å²) in [6, 6.07) is 15.8. The van der Waals surface area contributed by atoms with E-state index in [1.54, 1.807) is 0 Å². The Morgan fingerprint density at radius 3 is 2.31 bits per heavy atom. The Hall–Kier alpha value is -3.38. The minimum atomic E-state index is 0.573. The van der Waals surface area contributed by atoms with E-state index in [1.807, 2.05) is 13.6 Å². The van der Waals surface area contributed by atoms with Gasteiger partial charge >= 0.3 is 0 Å². The van der Waals surface area contributed by atoms with Crippen LogP contribution in [0.2, 0.25) is 0 Å². The number of terminal acetylenes is 1. The van der Waals surface area contributed by atoms with Crippen molar-refractivity contribution in [2.45, 2.75) is 59.4 Å². The third-order valence-corrected chi connectivity index (χ3v) is 5.54. The number of rotatable bonds is 7. The highest BCUT2D eigenvalue weighted by Gasteiger charge is 2.10. The highest BCUT2D eigenvalue weighted by atomic mass is 16.1. The summed E-state index contributed by atoms with van der Waals surface area (Å²) in [5.74, 6) is 3.29. The third-order valence-electron chi connectivity index (χ3n) is 5.54. The molecule has 3 aromatic rings. The van der Waals surface area contributed by atoms with Crippen molar-refractivity contribution in [3.8, 4) is 12.3 Å². The van der Waals surface area contributed by atoms with Crippen LogP contribution >= 0.6 is 0 Å². The molecule has 0 spiro atoms. The number of aryl methyl sites for hydroxylation is 1. The lowest BCUT2D eigenvalue weighted by Crippen LogP contribution is -1.99. The number of allylic oxidation sites excluding steroid dienone is 2. The van der Waals surface area contributed by atoms with Gasteiger partial charge in [-0.15, -0.1) is 12.3 Å². The minimum Gasteiger partial charge on any atom is -0.343 e. The van der Waals surface area contributed by atoms with Crippen LogP contribution in [0.15, 0.2) is 60.3 Å². The maximum absolute atomic E-state index is 8.00. The molecule has 0 aliphatic carbocycles. The fourth-order valence-electron chi connectivity index (χ4n) is 3.77. The molecule has 1 heterocycles. The number of fused-ring (bicyclic) bond motifs is 1. The first-order chi connectivity index (χ1) is 15.5. The van der Waals surface area contributed by atoms with E-state index in [4.69, 9.17) is 16.0 Å². The largest absolute Gasteiger partial charge is 0.343 e. The van der Waals surface area contributed by atoms with E-state index in [1.165, 1.54) is 38.7 Å². The monoisotopic (exact) mass is 429 g/mol. The van der Waals surface area contributed by atoms with Crippen molar-refractivity contribution in [1.29, 1.82) is 0 Å². The number of carbonyl (C=O) groups excluding carboxylic acids is 2. The van der Waals surface area contributed by atoms with Crippen LogP contribution in [0.1, 0.15) is 61.8 Å². The first kappa shape index (κ1) is 26.7. The number of hydrogen-bond donors (Lipinski definition) is 0. The SMILES string of the molecule is C#CCC/C=C(/C)Cc1c(C)ccc2c1ccn2Cc1ccc(C(C)C)cc1.C=O.C=O. The molecule has 0 saturated heterocycles. The Morgan fingerprint density at radius 1 is 1.06 bits per heavy atom. The Kier molecular flexibility index (Phi) is 11.5. The summed E-state index contributed by atoms with van der Waals surface area (Å²) in [5.41, 5.74) is 8.23. The van der Waals surface area contributed by atoms with E-state index < -0.39 is 0 Å². The van der Waals surface area contributed by atoms with Crippen LogP contribution in [0.5, 0.6) is 0 Å².